The average molecular weight is 611 g/mol. The fourth-order valence-corrected chi connectivity index (χ4v) is 8.26. The molecular weight excluding hydrogens is 563 g/mol. The van der Waals surface area contributed by atoms with Gasteiger partial charge in [-0.2, -0.15) is 0 Å². The molecule has 6 fully saturated rings. The lowest BCUT2D eigenvalue weighted by Crippen LogP contribution is -2.61. The summed E-state index contributed by atoms with van der Waals surface area (Å²) in [5.41, 5.74) is -0.316. The summed E-state index contributed by atoms with van der Waals surface area (Å²) in [7, 11) is 0. The SMILES string of the molecule is O=C1CC2(CCN(C(=O)c3ccc(F)cc3)CC2)NC(=O)[C@@H]2CCCN2C2CCN(CC2)C(=O)C[C@@H]2CCNC[C@@H]2CCN1. The molecule has 1 aromatic carbocycles. The Bertz CT molecular complexity index is 1210. The van der Waals surface area contributed by atoms with Gasteiger partial charge in [-0.15, -0.1) is 0 Å². The first-order valence-corrected chi connectivity index (χ1v) is 16.7. The van der Waals surface area contributed by atoms with Crippen LogP contribution in [0.3, 0.4) is 0 Å². The van der Waals surface area contributed by atoms with E-state index in [4.69, 9.17) is 0 Å². The van der Waals surface area contributed by atoms with Gasteiger partial charge >= 0.3 is 0 Å². The first-order chi connectivity index (χ1) is 21.3. The summed E-state index contributed by atoms with van der Waals surface area (Å²) in [6, 6.07) is 5.57. The van der Waals surface area contributed by atoms with Crippen molar-refractivity contribution in [1.29, 1.82) is 0 Å². The molecule has 2 bridgehead atoms. The number of amides is 4. The third kappa shape index (κ3) is 6.93. The maximum Gasteiger partial charge on any atom is 0.253 e. The van der Waals surface area contributed by atoms with Crippen molar-refractivity contribution in [2.45, 2.75) is 81.8 Å². The molecule has 0 unspecified atom stereocenters. The molecule has 11 heteroatoms. The lowest BCUT2D eigenvalue weighted by molar-refractivity contribution is -0.136. The maximum absolute atomic E-state index is 13.9. The van der Waals surface area contributed by atoms with E-state index in [2.05, 4.69) is 20.9 Å². The Kier molecular flexibility index (Phi) is 9.51. The third-order valence-electron chi connectivity index (χ3n) is 10.9. The minimum atomic E-state index is -0.745. The summed E-state index contributed by atoms with van der Waals surface area (Å²) in [5.74, 6) is 0.183. The number of hydrogen-bond acceptors (Lipinski definition) is 6. The minimum Gasteiger partial charge on any atom is -0.356 e. The number of halogens is 1. The van der Waals surface area contributed by atoms with Gasteiger partial charge in [0.15, 0.2) is 0 Å². The molecule has 44 heavy (non-hydrogen) atoms. The van der Waals surface area contributed by atoms with Crippen molar-refractivity contribution in [2.24, 2.45) is 11.8 Å². The highest BCUT2D eigenvalue weighted by Gasteiger charge is 2.44. The van der Waals surface area contributed by atoms with E-state index in [0.29, 0.717) is 56.3 Å². The minimum absolute atomic E-state index is 0.0376. The van der Waals surface area contributed by atoms with Gasteiger partial charge in [0.05, 0.1) is 11.6 Å². The quantitative estimate of drug-likeness (QED) is 0.448. The number of hydrogen-bond donors (Lipinski definition) is 3. The van der Waals surface area contributed by atoms with Crippen LogP contribution in [-0.2, 0) is 14.4 Å². The molecular formula is C33H47FN6O4. The molecule has 6 aliphatic heterocycles. The predicted molar refractivity (Wildman–Crippen MR) is 163 cm³/mol. The van der Waals surface area contributed by atoms with Gasteiger partial charge in [-0.3, -0.25) is 24.1 Å². The first-order valence-electron chi connectivity index (χ1n) is 16.7. The second kappa shape index (κ2) is 13.5. The summed E-state index contributed by atoms with van der Waals surface area (Å²) < 4.78 is 13.4. The van der Waals surface area contributed by atoms with E-state index in [1.54, 1.807) is 4.90 Å². The highest BCUT2D eigenvalue weighted by molar-refractivity contribution is 5.94. The van der Waals surface area contributed by atoms with E-state index in [1.165, 1.54) is 24.3 Å². The van der Waals surface area contributed by atoms with Crippen molar-refractivity contribution in [3.05, 3.63) is 35.6 Å². The average Bonchev–Trinajstić information content (AvgIpc) is 3.52. The highest BCUT2D eigenvalue weighted by Crippen LogP contribution is 2.32. The topological polar surface area (TPSA) is 114 Å². The van der Waals surface area contributed by atoms with Crippen molar-refractivity contribution < 1.29 is 23.6 Å². The number of likely N-dealkylation sites (tertiary alicyclic amines) is 1. The molecule has 6 saturated heterocycles. The molecule has 0 saturated carbocycles. The van der Waals surface area contributed by atoms with E-state index in [1.807, 2.05) is 4.90 Å². The fraction of sp³-hybridized carbons (Fsp3) is 0.697. The summed E-state index contributed by atoms with van der Waals surface area (Å²) in [5, 5.41) is 9.94. The summed E-state index contributed by atoms with van der Waals surface area (Å²) in [6.45, 7) is 5.44. The number of nitrogens with zero attached hydrogens (tertiary/aromatic N) is 3. The summed E-state index contributed by atoms with van der Waals surface area (Å²) in [4.78, 5) is 59.9. The van der Waals surface area contributed by atoms with E-state index < -0.39 is 5.54 Å². The number of benzene rings is 1. The molecule has 7 rings (SSSR count). The van der Waals surface area contributed by atoms with Crippen LogP contribution >= 0.6 is 0 Å². The number of carbonyl (C=O) groups is 4. The zero-order valence-electron chi connectivity index (χ0n) is 25.7. The van der Waals surface area contributed by atoms with Crippen LogP contribution in [0, 0.1) is 17.7 Å². The van der Waals surface area contributed by atoms with Gasteiger partial charge < -0.3 is 25.8 Å². The van der Waals surface area contributed by atoms with Crippen LogP contribution in [0.5, 0.6) is 0 Å². The number of rotatable bonds is 1. The second-order valence-electron chi connectivity index (χ2n) is 13.6. The van der Waals surface area contributed by atoms with E-state index in [-0.39, 0.29) is 48.0 Å². The smallest absolute Gasteiger partial charge is 0.253 e. The first kappa shape index (κ1) is 31.0. The summed E-state index contributed by atoms with van der Waals surface area (Å²) >= 11 is 0. The Morgan fingerprint density at radius 1 is 0.864 bits per heavy atom. The zero-order chi connectivity index (χ0) is 30.7. The molecule has 3 atom stereocenters. The van der Waals surface area contributed by atoms with Crippen molar-refractivity contribution in [3.63, 3.8) is 0 Å². The number of piperidine rings is 3. The van der Waals surface area contributed by atoms with Gasteiger partial charge in [0.2, 0.25) is 17.7 Å². The fourth-order valence-electron chi connectivity index (χ4n) is 8.26. The van der Waals surface area contributed by atoms with Gasteiger partial charge in [-0.25, -0.2) is 4.39 Å². The normalized spacial score (nSPS) is 29.4. The third-order valence-corrected chi connectivity index (χ3v) is 10.9. The molecule has 1 aromatic rings. The molecule has 3 N–H and O–H groups in total. The Morgan fingerprint density at radius 2 is 1.59 bits per heavy atom. The van der Waals surface area contributed by atoms with Crippen molar-refractivity contribution in [3.8, 4) is 0 Å². The molecule has 4 amide bonds. The van der Waals surface area contributed by atoms with Crippen molar-refractivity contribution >= 4 is 23.6 Å². The molecule has 6 heterocycles. The zero-order valence-corrected chi connectivity index (χ0v) is 25.7. The molecule has 0 aliphatic carbocycles. The molecule has 0 radical (unpaired) electrons. The molecule has 240 valence electrons. The predicted octanol–water partition coefficient (Wildman–Crippen LogP) is 1.90. The Morgan fingerprint density at radius 3 is 2.34 bits per heavy atom. The van der Waals surface area contributed by atoms with E-state index in [0.717, 1.165) is 71.2 Å². The largest absolute Gasteiger partial charge is 0.356 e. The maximum atomic E-state index is 13.9. The van der Waals surface area contributed by atoms with Crippen LogP contribution < -0.4 is 16.0 Å². The Balaban J connectivity index is 1.19. The Labute approximate surface area is 259 Å². The lowest BCUT2D eigenvalue weighted by Gasteiger charge is -2.44. The van der Waals surface area contributed by atoms with E-state index >= 15 is 0 Å². The van der Waals surface area contributed by atoms with Crippen LogP contribution in [0.4, 0.5) is 4.39 Å². The van der Waals surface area contributed by atoms with Crippen molar-refractivity contribution in [2.75, 3.05) is 52.4 Å². The van der Waals surface area contributed by atoms with Gasteiger partial charge in [0.25, 0.3) is 5.91 Å². The highest BCUT2D eigenvalue weighted by atomic mass is 19.1. The van der Waals surface area contributed by atoms with Crippen LogP contribution in [0.2, 0.25) is 0 Å². The Hall–Kier alpha value is -3.05. The van der Waals surface area contributed by atoms with E-state index in [9.17, 15) is 23.6 Å². The lowest BCUT2D eigenvalue weighted by atomic mass is 9.81. The summed E-state index contributed by atoms with van der Waals surface area (Å²) in [6.07, 6.45) is 6.92. The number of fused-ring (bicyclic) bond motifs is 8. The number of nitrogens with one attached hydrogen (secondary N) is 3. The monoisotopic (exact) mass is 610 g/mol. The van der Waals surface area contributed by atoms with Gasteiger partial charge in [-0.1, -0.05) is 0 Å². The van der Waals surface area contributed by atoms with Crippen molar-refractivity contribution in [1.82, 2.24) is 30.7 Å². The van der Waals surface area contributed by atoms with Gasteiger partial charge in [0, 0.05) is 57.2 Å². The van der Waals surface area contributed by atoms with Crippen LogP contribution in [0.15, 0.2) is 24.3 Å². The molecule has 1 spiro atoms. The van der Waals surface area contributed by atoms with Crippen LogP contribution in [0.1, 0.15) is 74.6 Å². The van der Waals surface area contributed by atoms with Crippen LogP contribution in [0.25, 0.3) is 0 Å². The molecule has 10 nitrogen and oxygen atoms in total. The van der Waals surface area contributed by atoms with Gasteiger partial charge in [-0.05, 0) is 107 Å². The van der Waals surface area contributed by atoms with Gasteiger partial charge in [0.1, 0.15) is 5.82 Å². The van der Waals surface area contributed by atoms with Crippen LogP contribution in [-0.4, -0.2) is 108 Å². The standard InChI is InChI=1S/C33H47FN6O4/c34-26-5-3-23(4-6-26)32(44)39-18-11-33(12-19-39)21-29(41)36-14-8-25-22-35-13-7-24(25)20-30(42)38-16-9-27(10-17-38)40-15-1-2-28(40)31(43)37-33/h3-6,24-25,27-28,35H,1-2,7-22H2,(H,36,41)(H,37,43)/t24-,25-,28-/m0/s1. The molecule has 0 aromatic heterocycles. The number of carbonyl (C=O) groups excluding carboxylic acids is 4. The molecule has 6 aliphatic rings. The second-order valence-corrected chi connectivity index (χ2v) is 13.6.